The van der Waals surface area contributed by atoms with Gasteiger partial charge in [0.2, 0.25) is 0 Å². The molecule has 0 radical (unpaired) electrons. The van der Waals surface area contributed by atoms with Crippen LogP contribution in [0.3, 0.4) is 0 Å². The van der Waals surface area contributed by atoms with E-state index in [0.717, 1.165) is 15.6 Å². The highest BCUT2D eigenvalue weighted by molar-refractivity contribution is 9.10. The number of para-hydroxylation sites is 1. The van der Waals surface area contributed by atoms with Crippen molar-refractivity contribution in [2.24, 2.45) is 5.10 Å². The van der Waals surface area contributed by atoms with E-state index in [0.29, 0.717) is 57.8 Å². The van der Waals surface area contributed by atoms with Crippen molar-refractivity contribution in [2.45, 2.75) is 32.9 Å². The molecule has 240 valence electrons. The Morgan fingerprint density at radius 2 is 1.87 bits per heavy atom. The molecule has 0 fully saturated rings. The number of hydrazone groups is 1. The third kappa shape index (κ3) is 8.95. The third-order valence-electron chi connectivity index (χ3n) is 6.79. The van der Waals surface area contributed by atoms with Gasteiger partial charge in [-0.2, -0.15) is 5.10 Å². The van der Waals surface area contributed by atoms with Crippen LogP contribution in [0, 0.1) is 0 Å². The highest BCUT2D eigenvalue weighted by Crippen LogP contribution is 2.35. The smallest absolute Gasteiger partial charge is 0.338 e. The van der Waals surface area contributed by atoms with E-state index < -0.39 is 17.9 Å². The Morgan fingerprint density at radius 1 is 1.11 bits per heavy atom. The zero-order valence-electron chi connectivity index (χ0n) is 25.7. The van der Waals surface area contributed by atoms with Crippen LogP contribution < -0.4 is 30.3 Å². The Kier molecular flexibility index (Phi) is 12.3. The molecule has 46 heavy (non-hydrogen) atoms. The lowest BCUT2D eigenvalue weighted by molar-refractivity contribution is -0.139. The van der Waals surface area contributed by atoms with E-state index in [-0.39, 0.29) is 13.2 Å². The van der Waals surface area contributed by atoms with Crippen LogP contribution in [0.5, 0.6) is 17.2 Å². The van der Waals surface area contributed by atoms with Crippen molar-refractivity contribution < 1.29 is 28.5 Å². The van der Waals surface area contributed by atoms with Gasteiger partial charge in [-0.15, -0.1) is 6.58 Å². The van der Waals surface area contributed by atoms with Gasteiger partial charge in [0.05, 0.1) is 31.5 Å². The summed E-state index contributed by atoms with van der Waals surface area (Å²) in [5, 5.41) is 10.5. The van der Waals surface area contributed by atoms with Crippen LogP contribution in [0.4, 0.5) is 0 Å². The number of carbonyl (C=O) groups is 2. The highest BCUT2D eigenvalue weighted by Gasteiger charge is 2.32. The van der Waals surface area contributed by atoms with E-state index in [1.54, 1.807) is 51.3 Å². The van der Waals surface area contributed by atoms with Crippen LogP contribution in [-0.2, 0) is 27.4 Å². The second kappa shape index (κ2) is 16.6. The lowest BCUT2D eigenvalue weighted by Crippen LogP contribution is -2.45. The molecule has 0 saturated carbocycles. The number of thiocarbonyl (C=S) groups is 1. The summed E-state index contributed by atoms with van der Waals surface area (Å²) < 4.78 is 23.9. The number of rotatable bonds is 14. The Balaban J connectivity index is 1.43. The Hall–Kier alpha value is -4.68. The zero-order chi connectivity index (χ0) is 33.1. The molecule has 0 aromatic heterocycles. The molecule has 1 aliphatic rings. The molecule has 0 spiro atoms. The molecule has 3 aromatic carbocycles. The van der Waals surface area contributed by atoms with E-state index in [1.807, 2.05) is 36.4 Å². The predicted molar refractivity (Wildman–Crippen MR) is 184 cm³/mol. The van der Waals surface area contributed by atoms with Gasteiger partial charge in [0.25, 0.3) is 5.91 Å². The van der Waals surface area contributed by atoms with E-state index >= 15 is 0 Å². The lowest BCUT2D eigenvalue weighted by atomic mass is 9.95. The van der Waals surface area contributed by atoms with Gasteiger partial charge in [0.1, 0.15) is 12.4 Å². The maximum absolute atomic E-state index is 12.8. The lowest BCUT2D eigenvalue weighted by Gasteiger charge is -2.30. The van der Waals surface area contributed by atoms with Gasteiger partial charge in [-0.3, -0.25) is 4.79 Å². The molecule has 1 amide bonds. The molecular formula is C34H35BrN4O6S. The van der Waals surface area contributed by atoms with E-state index in [1.165, 1.54) is 6.21 Å². The molecule has 3 N–H and O–H groups in total. The molecule has 0 unspecified atom stereocenters. The Bertz CT molecular complexity index is 1660. The number of ether oxygens (including phenoxy) is 4. The maximum Gasteiger partial charge on any atom is 0.338 e. The SMILES string of the molecule is C=CCc1cc(C=NNC(=O)COc2ccccc2[C@@H]2NC(=S)NC(C)=C2C(=O)OCC)cc(OC)c1OCc1ccc(Br)cc1. The molecule has 1 heterocycles. The summed E-state index contributed by atoms with van der Waals surface area (Å²) in [7, 11) is 1.57. The summed E-state index contributed by atoms with van der Waals surface area (Å²) in [6.07, 6.45) is 3.83. The summed E-state index contributed by atoms with van der Waals surface area (Å²) in [5.74, 6) is 0.577. The molecular weight excluding hydrogens is 672 g/mol. The fourth-order valence-electron chi connectivity index (χ4n) is 4.73. The second-order valence-electron chi connectivity index (χ2n) is 10.0. The number of allylic oxidation sites excluding steroid dienone is 2. The van der Waals surface area contributed by atoms with Crippen molar-refractivity contribution in [2.75, 3.05) is 20.3 Å². The summed E-state index contributed by atoms with van der Waals surface area (Å²) in [4.78, 5) is 25.5. The number of nitrogens with zero attached hydrogens (tertiary/aromatic N) is 1. The fourth-order valence-corrected chi connectivity index (χ4v) is 5.26. The molecule has 4 rings (SSSR count). The van der Waals surface area contributed by atoms with Crippen LogP contribution in [0.25, 0.3) is 0 Å². The van der Waals surface area contributed by atoms with E-state index in [9.17, 15) is 9.59 Å². The average Bonchev–Trinajstić information content (AvgIpc) is 3.03. The van der Waals surface area contributed by atoms with Gasteiger partial charge in [0.15, 0.2) is 23.2 Å². The minimum Gasteiger partial charge on any atom is -0.493 e. The normalized spacial score (nSPS) is 14.3. The van der Waals surface area contributed by atoms with Crippen LogP contribution in [0.15, 0.2) is 94.2 Å². The van der Waals surface area contributed by atoms with Crippen molar-refractivity contribution in [3.63, 3.8) is 0 Å². The van der Waals surface area contributed by atoms with Crippen LogP contribution in [0.1, 0.15) is 42.1 Å². The fraction of sp³-hybridized carbons (Fsp3) is 0.235. The quantitative estimate of drug-likeness (QED) is 0.0643. The van der Waals surface area contributed by atoms with Crippen LogP contribution in [-0.4, -0.2) is 43.5 Å². The molecule has 0 bridgehead atoms. The number of halogens is 1. The van der Waals surface area contributed by atoms with Gasteiger partial charge in [0, 0.05) is 21.3 Å². The van der Waals surface area contributed by atoms with Crippen molar-refractivity contribution >= 4 is 51.4 Å². The van der Waals surface area contributed by atoms with Crippen molar-refractivity contribution in [3.05, 3.63) is 111 Å². The summed E-state index contributed by atoms with van der Waals surface area (Å²) in [6.45, 7) is 7.61. The first-order valence-corrected chi connectivity index (χ1v) is 15.6. The van der Waals surface area contributed by atoms with Gasteiger partial charge >= 0.3 is 5.97 Å². The van der Waals surface area contributed by atoms with Crippen molar-refractivity contribution in [3.8, 4) is 17.2 Å². The van der Waals surface area contributed by atoms with E-state index in [2.05, 4.69) is 43.7 Å². The summed E-state index contributed by atoms with van der Waals surface area (Å²) in [6, 6.07) is 18.0. The maximum atomic E-state index is 12.8. The minimum absolute atomic E-state index is 0.221. The van der Waals surface area contributed by atoms with Gasteiger partial charge < -0.3 is 29.6 Å². The molecule has 0 aliphatic carbocycles. The minimum atomic E-state index is -0.633. The Labute approximate surface area is 282 Å². The molecule has 1 atom stereocenters. The molecule has 12 heteroatoms. The average molecular weight is 708 g/mol. The van der Waals surface area contributed by atoms with Crippen LogP contribution >= 0.6 is 28.1 Å². The third-order valence-corrected chi connectivity index (χ3v) is 7.54. The van der Waals surface area contributed by atoms with E-state index in [4.69, 9.17) is 31.2 Å². The number of benzene rings is 3. The summed E-state index contributed by atoms with van der Waals surface area (Å²) in [5.41, 5.74) is 6.62. The monoisotopic (exact) mass is 706 g/mol. The number of carbonyl (C=O) groups excluding carboxylic acids is 2. The van der Waals surface area contributed by atoms with Crippen molar-refractivity contribution in [1.29, 1.82) is 0 Å². The number of methoxy groups -OCH3 is 1. The predicted octanol–water partition coefficient (Wildman–Crippen LogP) is 5.65. The first-order valence-electron chi connectivity index (χ1n) is 14.4. The number of hydrogen-bond donors (Lipinski definition) is 3. The number of esters is 1. The first-order chi connectivity index (χ1) is 22.2. The van der Waals surface area contributed by atoms with Gasteiger partial charge in [-0.05, 0) is 73.9 Å². The zero-order valence-corrected chi connectivity index (χ0v) is 28.1. The molecule has 1 aliphatic heterocycles. The first kappa shape index (κ1) is 34.2. The molecule has 3 aromatic rings. The largest absolute Gasteiger partial charge is 0.493 e. The summed E-state index contributed by atoms with van der Waals surface area (Å²) >= 11 is 8.78. The standard InChI is InChI=1S/C34H35BrN4O6S/c1-5-9-24-16-23(17-28(42-4)32(24)45-19-22-12-14-25(35)15-13-22)18-36-39-29(40)20-44-27-11-8-7-10-26(27)31-30(33(41)43-6-2)21(3)37-34(46)38-31/h5,7-8,10-18,31H,1,6,9,19-20H2,2-4H3,(H,39,40)(H2,37,38,46)/t31-/m0/s1. The van der Waals surface area contributed by atoms with Crippen LogP contribution in [0.2, 0.25) is 0 Å². The second-order valence-corrected chi connectivity index (χ2v) is 11.4. The number of hydrogen-bond acceptors (Lipinski definition) is 8. The van der Waals surface area contributed by atoms with Gasteiger partial charge in [-0.1, -0.05) is 52.3 Å². The Morgan fingerprint density at radius 3 is 2.59 bits per heavy atom. The highest BCUT2D eigenvalue weighted by atomic mass is 79.9. The van der Waals surface area contributed by atoms with Gasteiger partial charge in [-0.25, -0.2) is 10.2 Å². The van der Waals surface area contributed by atoms with Crippen molar-refractivity contribution in [1.82, 2.24) is 16.1 Å². The molecule has 10 nitrogen and oxygen atoms in total. The number of nitrogens with one attached hydrogen (secondary N) is 3. The molecule has 0 saturated heterocycles. The number of amides is 1. The topological polar surface area (TPSA) is 120 Å².